The van der Waals surface area contributed by atoms with Gasteiger partial charge in [0, 0.05) is 52.4 Å². The highest BCUT2D eigenvalue weighted by molar-refractivity contribution is 5.76. The maximum Gasteiger partial charge on any atom is 0.222 e. The summed E-state index contributed by atoms with van der Waals surface area (Å²) in [5.41, 5.74) is 1.48. The van der Waals surface area contributed by atoms with Crippen LogP contribution in [0.25, 0.3) is 0 Å². The maximum atomic E-state index is 12.8. The van der Waals surface area contributed by atoms with Crippen molar-refractivity contribution in [2.24, 2.45) is 11.8 Å². The molecule has 154 valence electrons. The lowest BCUT2D eigenvalue weighted by molar-refractivity contribution is -0.134. The fourth-order valence-corrected chi connectivity index (χ4v) is 5.28. The summed E-state index contributed by atoms with van der Waals surface area (Å²) in [5, 5.41) is 0. The molecule has 1 aromatic rings. The average Bonchev–Trinajstić information content (AvgIpc) is 2.76. The van der Waals surface area contributed by atoms with Crippen LogP contribution in [0.5, 0.6) is 0 Å². The highest BCUT2D eigenvalue weighted by Gasteiger charge is 2.28. The van der Waals surface area contributed by atoms with Crippen molar-refractivity contribution in [3.8, 4) is 0 Å². The van der Waals surface area contributed by atoms with Crippen LogP contribution in [0.1, 0.15) is 56.4 Å². The van der Waals surface area contributed by atoms with Gasteiger partial charge in [0.2, 0.25) is 5.91 Å². The molecule has 2 heterocycles. The summed E-state index contributed by atoms with van der Waals surface area (Å²) >= 11 is 0. The summed E-state index contributed by atoms with van der Waals surface area (Å²) in [6.45, 7) is 6.97. The van der Waals surface area contributed by atoms with Gasteiger partial charge in [0.05, 0.1) is 0 Å². The molecule has 0 bridgehead atoms. The van der Waals surface area contributed by atoms with Gasteiger partial charge in [0.15, 0.2) is 0 Å². The molecule has 0 unspecified atom stereocenters. The number of ether oxygens (including phenoxy) is 1. The zero-order valence-electron chi connectivity index (χ0n) is 17.2. The lowest BCUT2D eigenvalue weighted by Crippen LogP contribution is -2.50. The van der Waals surface area contributed by atoms with Crippen LogP contribution in [0.3, 0.4) is 0 Å². The number of nitrogens with zero attached hydrogens (tertiary/aromatic N) is 2. The van der Waals surface area contributed by atoms with Gasteiger partial charge in [-0.1, -0.05) is 30.3 Å². The number of hydrogen-bond acceptors (Lipinski definition) is 3. The lowest BCUT2D eigenvalue weighted by Gasteiger charge is -2.38. The van der Waals surface area contributed by atoms with Crippen LogP contribution in [0.4, 0.5) is 0 Å². The summed E-state index contributed by atoms with van der Waals surface area (Å²) in [7, 11) is 0. The fraction of sp³-hybridized carbons (Fsp3) is 0.708. The first kappa shape index (κ1) is 19.9. The number of carbonyl (C=O) groups excluding carboxylic acids is 1. The molecule has 4 heteroatoms. The Labute approximate surface area is 170 Å². The van der Waals surface area contributed by atoms with Crippen molar-refractivity contribution in [1.82, 2.24) is 9.80 Å². The third-order valence-corrected chi connectivity index (χ3v) is 7.16. The molecular formula is C24H36N2O2. The van der Waals surface area contributed by atoms with Gasteiger partial charge in [0.1, 0.15) is 0 Å². The Morgan fingerprint density at radius 2 is 1.54 bits per heavy atom. The Bertz CT molecular complexity index is 598. The normalized spacial score (nSPS) is 27.6. The molecule has 3 fully saturated rings. The van der Waals surface area contributed by atoms with Gasteiger partial charge in [-0.05, 0) is 61.8 Å². The minimum atomic E-state index is 0.397. The topological polar surface area (TPSA) is 32.8 Å². The zero-order chi connectivity index (χ0) is 19.2. The van der Waals surface area contributed by atoms with E-state index in [2.05, 4.69) is 40.1 Å². The maximum absolute atomic E-state index is 12.8. The van der Waals surface area contributed by atoms with Gasteiger partial charge in [0.25, 0.3) is 0 Å². The fourth-order valence-electron chi connectivity index (χ4n) is 5.28. The smallest absolute Gasteiger partial charge is 0.222 e. The highest BCUT2D eigenvalue weighted by atomic mass is 16.5. The predicted molar refractivity (Wildman–Crippen MR) is 112 cm³/mol. The Morgan fingerprint density at radius 3 is 2.21 bits per heavy atom. The first-order valence-electron chi connectivity index (χ1n) is 11.4. The molecule has 1 saturated carbocycles. The van der Waals surface area contributed by atoms with Crippen LogP contribution >= 0.6 is 0 Å². The predicted octanol–water partition coefficient (Wildman–Crippen LogP) is 3.92. The number of benzene rings is 1. The first-order chi connectivity index (χ1) is 13.8. The Hall–Kier alpha value is -1.39. The van der Waals surface area contributed by atoms with Gasteiger partial charge in [-0.3, -0.25) is 9.69 Å². The molecule has 0 atom stereocenters. The van der Waals surface area contributed by atoms with Crippen LogP contribution in [0.2, 0.25) is 0 Å². The molecule has 0 aromatic heterocycles. The molecule has 3 aliphatic rings. The van der Waals surface area contributed by atoms with Crippen LogP contribution in [0, 0.1) is 11.8 Å². The molecule has 0 radical (unpaired) electrons. The second kappa shape index (κ2) is 9.89. The van der Waals surface area contributed by atoms with Crippen LogP contribution in [-0.2, 0) is 9.53 Å². The van der Waals surface area contributed by atoms with Crippen molar-refractivity contribution < 1.29 is 9.53 Å². The number of piperazine rings is 1. The first-order valence-corrected chi connectivity index (χ1v) is 11.4. The summed E-state index contributed by atoms with van der Waals surface area (Å²) in [5.74, 6) is 2.47. The SMILES string of the molecule is O=C(CC1CCC(c2ccccc2)CC1)N1CCN(CC2CCOCC2)CC1. The van der Waals surface area contributed by atoms with Gasteiger partial charge >= 0.3 is 0 Å². The van der Waals surface area contributed by atoms with Crippen LogP contribution in [0.15, 0.2) is 30.3 Å². The van der Waals surface area contributed by atoms with Crippen LogP contribution in [-0.4, -0.2) is 61.6 Å². The van der Waals surface area contributed by atoms with Crippen molar-refractivity contribution in [2.45, 2.75) is 50.9 Å². The van der Waals surface area contributed by atoms with Crippen molar-refractivity contribution in [3.05, 3.63) is 35.9 Å². The molecule has 2 saturated heterocycles. The number of amides is 1. The minimum absolute atomic E-state index is 0.397. The Balaban J connectivity index is 1.16. The quantitative estimate of drug-likeness (QED) is 0.771. The zero-order valence-corrected chi connectivity index (χ0v) is 17.2. The molecule has 1 aliphatic carbocycles. The Kier molecular flexibility index (Phi) is 7.03. The van der Waals surface area contributed by atoms with E-state index in [1.165, 1.54) is 50.6 Å². The van der Waals surface area contributed by atoms with E-state index in [4.69, 9.17) is 4.74 Å². The van der Waals surface area contributed by atoms with Gasteiger partial charge < -0.3 is 9.64 Å². The van der Waals surface area contributed by atoms with E-state index in [9.17, 15) is 4.79 Å². The molecule has 4 nitrogen and oxygen atoms in total. The van der Waals surface area contributed by atoms with Crippen LogP contribution < -0.4 is 0 Å². The van der Waals surface area contributed by atoms with E-state index in [0.717, 1.165) is 51.7 Å². The molecule has 4 rings (SSSR count). The summed E-state index contributed by atoms with van der Waals surface area (Å²) in [6.07, 6.45) is 8.04. The highest BCUT2D eigenvalue weighted by Crippen LogP contribution is 2.37. The second-order valence-electron chi connectivity index (χ2n) is 9.07. The molecule has 0 N–H and O–H groups in total. The van der Waals surface area contributed by atoms with Gasteiger partial charge in [-0.2, -0.15) is 0 Å². The van der Waals surface area contributed by atoms with Crippen molar-refractivity contribution in [3.63, 3.8) is 0 Å². The standard InChI is InChI=1S/C24H36N2O2/c27-24(18-20-6-8-23(9-7-20)22-4-2-1-3-5-22)26-14-12-25(13-15-26)19-21-10-16-28-17-11-21/h1-5,20-21,23H,6-19H2. The molecule has 1 amide bonds. The van der Waals surface area contributed by atoms with E-state index >= 15 is 0 Å². The number of rotatable bonds is 5. The third-order valence-electron chi connectivity index (χ3n) is 7.16. The summed E-state index contributed by atoms with van der Waals surface area (Å²) in [6, 6.07) is 10.9. The number of carbonyl (C=O) groups is 1. The van der Waals surface area contributed by atoms with Gasteiger partial charge in [-0.15, -0.1) is 0 Å². The lowest BCUT2D eigenvalue weighted by atomic mass is 9.77. The van der Waals surface area contributed by atoms with Crippen molar-refractivity contribution in [1.29, 1.82) is 0 Å². The average molecular weight is 385 g/mol. The van der Waals surface area contributed by atoms with E-state index in [-0.39, 0.29) is 0 Å². The molecule has 28 heavy (non-hydrogen) atoms. The molecule has 2 aliphatic heterocycles. The largest absolute Gasteiger partial charge is 0.381 e. The summed E-state index contributed by atoms with van der Waals surface area (Å²) in [4.78, 5) is 17.5. The summed E-state index contributed by atoms with van der Waals surface area (Å²) < 4.78 is 5.47. The van der Waals surface area contributed by atoms with Gasteiger partial charge in [-0.25, -0.2) is 0 Å². The minimum Gasteiger partial charge on any atom is -0.381 e. The molecular weight excluding hydrogens is 348 g/mol. The van der Waals surface area contributed by atoms with E-state index < -0.39 is 0 Å². The molecule has 0 spiro atoms. The molecule has 1 aromatic carbocycles. The van der Waals surface area contributed by atoms with Crippen molar-refractivity contribution in [2.75, 3.05) is 45.9 Å². The second-order valence-corrected chi connectivity index (χ2v) is 9.07. The monoisotopic (exact) mass is 384 g/mol. The van der Waals surface area contributed by atoms with E-state index in [0.29, 0.717) is 17.7 Å². The Morgan fingerprint density at radius 1 is 0.857 bits per heavy atom. The van der Waals surface area contributed by atoms with Crippen molar-refractivity contribution >= 4 is 5.91 Å². The third kappa shape index (κ3) is 5.36. The number of hydrogen-bond donors (Lipinski definition) is 0. The van der Waals surface area contributed by atoms with E-state index in [1.807, 2.05) is 0 Å². The van der Waals surface area contributed by atoms with E-state index in [1.54, 1.807) is 0 Å².